The predicted molar refractivity (Wildman–Crippen MR) is 93.1 cm³/mol. The average Bonchev–Trinajstić information content (AvgIpc) is 2.63. The standard InChI is InChI=1S/C18H22N4O2/c1-3-24-18(23)15-13-19-16(14-7-5-4-6-8-14)20-17(15)22-11-9-21(2)10-12-22/h4-8,13H,3,9-12H2,1-2H3. The van der Waals surface area contributed by atoms with Gasteiger partial charge in [0.15, 0.2) is 5.82 Å². The molecule has 0 aliphatic carbocycles. The van der Waals surface area contributed by atoms with Crippen LogP contribution in [0.2, 0.25) is 0 Å². The molecule has 1 aliphatic heterocycles. The van der Waals surface area contributed by atoms with E-state index in [0.29, 0.717) is 23.8 Å². The van der Waals surface area contributed by atoms with Gasteiger partial charge >= 0.3 is 5.97 Å². The topological polar surface area (TPSA) is 58.6 Å². The van der Waals surface area contributed by atoms with Crippen molar-refractivity contribution in [2.75, 3.05) is 44.7 Å². The van der Waals surface area contributed by atoms with Gasteiger partial charge in [-0.15, -0.1) is 0 Å². The van der Waals surface area contributed by atoms with E-state index in [-0.39, 0.29) is 5.97 Å². The van der Waals surface area contributed by atoms with Gasteiger partial charge in [0.1, 0.15) is 11.4 Å². The maximum atomic E-state index is 12.3. The Morgan fingerprint density at radius 3 is 2.54 bits per heavy atom. The van der Waals surface area contributed by atoms with E-state index in [9.17, 15) is 4.79 Å². The molecule has 24 heavy (non-hydrogen) atoms. The lowest BCUT2D eigenvalue weighted by Gasteiger charge is -2.34. The van der Waals surface area contributed by atoms with E-state index in [1.54, 1.807) is 13.1 Å². The molecule has 0 unspecified atom stereocenters. The van der Waals surface area contributed by atoms with Gasteiger partial charge in [-0.1, -0.05) is 30.3 Å². The van der Waals surface area contributed by atoms with Crippen molar-refractivity contribution >= 4 is 11.8 Å². The molecule has 3 rings (SSSR count). The van der Waals surface area contributed by atoms with E-state index in [1.165, 1.54) is 0 Å². The number of rotatable bonds is 4. The largest absolute Gasteiger partial charge is 0.462 e. The summed E-state index contributed by atoms with van der Waals surface area (Å²) < 4.78 is 5.17. The van der Waals surface area contributed by atoms with Gasteiger partial charge in [-0.3, -0.25) is 0 Å². The lowest BCUT2D eigenvalue weighted by molar-refractivity contribution is 0.0526. The van der Waals surface area contributed by atoms with Gasteiger partial charge in [0, 0.05) is 37.9 Å². The molecule has 1 aliphatic rings. The van der Waals surface area contributed by atoms with Crippen LogP contribution >= 0.6 is 0 Å². The Morgan fingerprint density at radius 1 is 1.17 bits per heavy atom. The van der Waals surface area contributed by atoms with Crippen LogP contribution in [0, 0.1) is 0 Å². The second-order valence-corrected chi connectivity index (χ2v) is 5.81. The first kappa shape index (κ1) is 16.4. The highest BCUT2D eigenvalue weighted by Gasteiger charge is 2.23. The summed E-state index contributed by atoms with van der Waals surface area (Å²) in [5.41, 5.74) is 1.37. The van der Waals surface area contributed by atoms with Crippen LogP contribution in [0.3, 0.4) is 0 Å². The van der Waals surface area contributed by atoms with Gasteiger partial charge < -0.3 is 14.5 Å². The maximum Gasteiger partial charge on any atom is 0.343 e. The predicted octanol–water partition coefficient (Wildman–Crippen LogP) is 2.07. The zero-order valence-corrected chi connectivity index (χ0v) is 14.1. The number of likely N-dealkylation sites (N-methyl/N-ethyl adjacent to an activating group) is 1. The normalized spacial score (nSPS) is 15.3. The molecule has 1 fully saturated rings. The second-order valence-electron chi connectivity index (χ2n) is 5.81. The number of carbonyl (C=O) groups is 1. The van der Waals surface area contributed by atoms with E-state index in [2.05, 4.69) is 21.8 Å². The fourth-order valence-electron chi connectivity index (χ4n) is 2.71. The van der Waals surface area contributed by atoms with Crippen molar-refractivity contribution < 1.29 is 9.53 Å². The summed E-state index contributed by atoms with van der Waals surface area (Å²) in [6.45, 7) is 5.66. The number of nitrogens with zero attached hydrogens (tertiary/aromatic N) is 4. The Bertz CT molecular complexity index is 697. The molecule has 6 heteroatoms. The smallest absolute Gasteiger partial charge is 0.343 e. The molecule has 0 atom stereocenters. The number of carbonyl (C=O) groups excluding carboxylic acids is 1. The molecule has 2 heterocycles. The quantitative estimate of drug-likeness (QED) is 0.802. The molecule has 0 amide bonds. The number of esters is 1. The SMILES string of the molecule is CCOC(=O)c1cnc(-c2ccccc2)nc1N1CCN(C)CC1. The molecular weight excluding hydrogens is 304 g/mol. The van der Waals surface area contributed by atoms with Crippen molar-refractivity contribution in [3.8, 4) is 11.4 Å². The van der Waals surface area contributed by atoms with Crippen LogP contribution in [0.5, 0.6) is 0 Å². The summed E-state index contributed by atoms with van der Waals surface area (Å²) >= 11 is 0. The van der Waals surface area contributed by atoms with Crippen molar-refractivity contribution in [3.63, 3.8) is 0 Å². The Balaban J connectivity index is 1.99. The second kappa shape index (κ2) is 7.40. The molecular formula is C18H22N4O2. The first-order valence-corrected chi connectivity index (χ1v) is 8.22. The first-order valence-electron chi connectivity index (χ1n) is 8.22. The lowest BCUT2D eigenvalue weighted by atomic mass is 10.2. The molecule has 6 nitrogen and oxygen atoms in total. The minimum Gasteiger partial charge on any atom is -0.462 e. The number of hydrogen-bond acceptors (Lipinski definition) is 6. The minimum atomic E-state index is -0.369. The van der Waals surface area contributed by atoms with E-state index in [4.69, 9.17) is 9.72 Å². The number of anilines is 1. The molecule has 126 valence electrons. The zero-order valence-electron chi connectivity index (χ0n) is 14.1. The van der Waals surface area contributed by atoms with Crippen LogP contribution in [0.4, 0.5) is 5.82 Å². The zero-order chi connectivity index (χ0) is 16.9. The number of ether oxygens (including phenoxy) is 1. The average molecular weight is 326 g/mol. The van der Waals surface area contributed by atoms with Gasteiger partial charge in [-0.2, -0.15) is 0 Å². The Kier molecular flexibility index (Phi) is 5.05. The van der Waals surface area contributed by atoms with E-state index >= 15 is 0 Å². The third-order valence-corrected chi connectivity index (χ3v) is 4.10. The van der Waals surface area contributed by atoms with Crippen molar-refractivity contribution in [1.82, 2.24) is 14.9 Å². The monoisotopic (exact) mass is 326 g/mol. The molecule has 0 N–H and O–H groups in total. The Hall–Kier alpha value is -2.47. The molecule has 1 aromatic heterocycles. The maximum absolute atomic E-state index is 12.3. The third-order valence-electron chi connectivity index (χ3n) is 4.10. The summed E-state index contributed by atoms with van der Waals surface area (Å²) in [5, 5.41) is 0. The molecule has 0 radical (unpaired) electrons. The molecule has 0 bridgehead atoms. The van der Waals surface area contributed by atoms with Crippen LogP contribution in [-0.2, 0) is 4.74 Å². The lowest BCUT2D eigenvalue weighted by Crippen LogP contribution is -2.45. The van der Waals surface area contributed by atoms with Gasteiger partial charge in [0.25, 0.3) is 0 Å². The van der Waals surface area contributed by atoms with Crippen molar-refractivity contribution in [3.05, 3.63) is 42.1 Å². The number of aromatic nitrogens is 2. The van der Waals surface area contributed by atoms with E-state index in [0.717, 1.165) is 31.7 Å². The van der Waals surface area contributed by atoms with Crippen molar-refractivity contribution in [2.45, 2.75) is 6.92 Å². The van der Waals surface area contributed by atoms with Crippen LogP contribution in [0.15, 0.2) is 36.5 Å². The summed E-state index contributed by atoms with van der Waals surface area (Å²) in [5.74, 6) is 0.916. The first-order chi connectivity index (χ1) is 11.7. The summed E-state index contributed by atoms with van der Waals surface area (Å²) in [7, 11) is 2.10. The molecule has 2 aromatic rings. The van der Waals surface area contributed by atoms with Crippen molar-refractivity contribution in [1.29, 1.82) is 0 Å². The summed E-state index contributed by atoms with van der Waals surface area (Å²) in [4.78, 5) is 25.7. The Morgan fingerprint density at radius 2 is 1.88 bits per heavy atom. The fraction of sp³-hybridized carbons (Fsp3) is 0.389. The van der Waals surface area contributed by atoms with Crippen LogP contribution < -0.4 is 4.90 Å². The summed E-state index contributed by atoms with van der Waals surface area (Å²) in [6, 6.07) is 9.79. The molecule has 0 saturated carbocycles. The van der Waals surface area contributed by atoms with Crippen LogP contribution in [0.25, 0.3) is 11.4 Å². The van der Waals surface area contributed by atoms with Gasteiger partial charge in [-0.05, 0) is 14.0 Å². The van der Waals surface area contributed by atoms with Gasteiger partial charge in [0.2, 0.25) is 0 Å². The van der Waals surface area contributed by atoms with Gasteiger partial charge in [-0.25, -0.2) is 14.8 Å². The highest BCUT2D eigenvalue weighted by atomic mass is 16.5. The van der Waals surface area contributed by atoms with Crippen LogP contribution in [-0.4, -0.2) is 60.7 Å². The van der Waals surface area contributed by atoms with Crippen LogP contribution in [0.1, 0.15) is 17.3 Å². The van der Waals surface area contributed by atoms with Crippen molar-refractivity contribution in [2.24, 2.45) is 0 Å². The fourth-order valence-corrected chi connectivity index (χ4v) is 2.71. The third kappa shape index (κ3) is 3.54. The number of benzene rings is 1. The van der Waals surface area contributed by atoms with E-state index in [1.807, 2.05) is 30.3 Å². The van der Waals surface area contributed by atoms with E-state index < -0.39 is 0 Å². The molecule has 1 aromatic carbocycles. The minimum absolute atomic E-state index is 0.335. The molecule has 1 saturated heterocycles. The highest BCUT2D eigenvalue weighted by Crippen LogP contribution is 2.24. The number of hydrogen-bond donors (Lipinski definition) is 0. The number of piperazine rings is 1. The highest BCUT2D eigenvalue weighted by molar-refractivity contribution is 5.94. The Labute approximate surface area is 142 Å². The summed E-state index contributed by atoms with van der Waals surface area (Å²) in [6.07, 6.45) is 1.58. The van der Waals surface area contributed by atoms with Gasteiger partial charge in [0.05, 0.1) is 6.61 Å². The molecule has 0 spiro atoms.